The zero-order chi connectivity index (χ0) is 14.9. The average Bonchev–Trinajstić information content (AvgIpc) is 2.36. The molecule has 6 heteroatoms. The van der Waals surface area contributed by atoms with Crippen LogP contribution in [0.1, 0.15) is 31.1 Å². The molecule has 1 saturated heterocycles. The SMILES string of the molecule is CC1CS(=O)(=O)CCN1c1cc(C#N)ccc1[C@H](C)O. The molecule has 5 nitrogen and oxygen atoms in total. The highest BCUT2D eigenvalue weighted by Crippen LogP contribution is 2.30. The van der Waals surface area contributed by atoms with Crippen LogP contribution in [0.2, 0.25) is 0 Å². The number of aliphatic hydroxyl groups is 1. The number of hydrogen-bond donors (Lipinski definition) is 1. The Morgan fingerprint density at radius 2 is 2.20 bits per heavy atom. The van der Waals surface area contributed by atoms with Crippen molar-refractivity contribution in [2.24, 2.45) is 0 Å². The first kappa shape index (κ1) is 14.8. The second-order valence-corrected chi connectivity index (χ2v) is 7.45. The Bertz CT molecular complexity index is 647. The lowest BCUT2D eigenvalue weighted by atomic mass is 10.0. The Kier molecular flexibility index (Phi) is 4.02. The van der Waals surface area contributed by atoms with Crippen LogP contribution in [-0.4, -0.2) is 37.6 Å². The van der Waals surface area contributed by atoms with Crippen LogP contribution in [0, 0.1) is 11.3 Å². The van der Waals surface area contributed by atoms with Gasteiger partial charge in [0.25, 0.3) is 0 Å². The largest absolute Gasteiger partial charge is 0.389 e. The van der Waals surface area contributed by atoms with Gasteiger partial charge in [-0.3, -0.25) is 0 Å². The number of rotatable bonds is 2. The third kappa shape index (κ3) is 2.94. The highest BCUT2D eigenvalue weighted by Gasteiger charge is 2.30. The van der Waals surface area contributed by atoms with Gasteiger partial charge in [0.05, 0.1) is 29.2 Å². The maximum Gasteiger partial charge on any atom is 0.154 e. The first-order valence-corrected chi connectivity index (χ1v) is 8.35. The fraction of sp³-hybridized carbons (Fsp3) is 0.500. The molecule has 0 bridgehead atoms. The summed E-state index contributed by atoms with van der Waals surface area (Å²) in [6.45, 7) is 3.90. The van der Waals surface area contributed by atoms with Crippen molar-refractivity contribution in [2.45, 2.75) is 26.0 Å². The third-order valence-corrected chi connectivity index (χ3v) is 5.38. The van der Waals surface area contributed by atoms with E-state index < -0.39 is 15.9 Å². The zero-order valence-electron chi connectivity index (χ0n) is 11.6. The number of anilines is 1. The van der Waals surface area contributed by atoms with Crippen LogP contribution in [-0.2, 0) is 9.84 Å². The van der Waals surface area contributed by atoms with Crippen molar-refractivity contribution in [2.75, 3.05) is 23.0 Å². The summed E-state index contributed by atoms with van der Waals surface area (Å²) in [6, 6.07) is 7.02. The molecule has 108 valence electrons. The molecule has 2 rings (SSSR count). The number of nitrogens with zero attached hydrogens (tertiary/aromatic N) is 2. The van der Waals surface area contributed by atoms with E-state index in [0.717, 1.165) is 11.3 Å². The molecule has 2 atom stereocenters. The van der Waals surface area contributed by atoms with E-state index in [1.54, 1.807) is 25.1 Å². The van der Waals surface area contributed by atoms with Crippen LogP contribution in [0.15, 0.2) is 18.2 Å². The van der Waals surface area contributed by atoms with Crippen LogP contribution < -0.4 is 4.90 Å². The lowest BCUT2D eigenvalue weighted by molar-refractivity contribution is 0.199. The Morgan fingerprint density at radius 1 is 1.50 bits per heavy atom. The Labute approximate surface area is 119 Å². The van der Waals surface area contributed by atoms with E-state index in [1.807, 2.05) is 11.8 Å². The molecular weight excluding hydrogens is 276 g/mol. The van der Waals surface area contributed by atoms with E-state index >= 15 is 0 Å². The van der Waals surface area contributed by atoms with Gasteiger partial charge in [0, 0.05) is 23.8 Å². The lowest BCUT2D eigenvalue weighted by Crippen LogP contribution is -2.47. The van der Waals surface area contributed by atoms with Gasteiger partial charge in [-0.2, -0.15) is 5.26 Å². The molecule has 0 saturated carbocycles. The number of benzene rings is 1. The van der Waals surface area contributed by atoms with Crippen LogP contribution >= 0.6 is 0 Å². The standard InChI is InChI=1S/C14H18N2O3S/c1-10-9-20(18,19)6-5-16(10)14-7-12(8-15)3-4-13(14)11(2)17/h3-4,7,10-11,17H,5-6,9H2,1-2H3/t10?,11-/m0/s1. The van der Waals surface area contributed by atoms with Crippen molar-refractivity contribution in [3.05, 3.63) is 29.3 Å². The van der Waals surface area contributed by atoms with Crippen molar-refractivity contribution in [1.82, 2.24) is 0 Å². The van der Waals surface area contributed by atoms with Gasteiger partial charge in [-0.15, -0.1) is 0 Å². The fourth-order valence-corrected chi connectivity index (χ4v) is 4.13. The van der Waals surface area contributed by atoms with E-state index in [0.29, 0.717) is 12.1 Å². The molecule has 0 aromatic heterocycles. The Morgan fingerprint density at radius 3 is 2.75 bits per heavy atom. The van der Waals surface area contributed by atoms with Gasteiger partial charge in [-0.25, -0.2) is 8.42 Å². The van der Waals surface area contributed by atoms with Crippen molar-refractivity contribution < 1.29 is 13.5 Å². The van der Waals surface area contributed by atoms with Gasteiger partial charge >= 0.3 is 0 Å². The molecule has 1 aliphatic rings. The normalized spacial score (nSPS) is 23.1. The van der Waals surface area contributed by atoms with Crippen LogP contribution in [0.4, 0.5) is 5.69 Å². The summed E-state index contributed by atoms with van der Waals surface area (Å²) in [6.07, 6.45) is -0.663. The smallest absolute Gasteiger partial charge is 0.154 e. The molecule has 0 spiro atoms. The Hall–Kier alpha value is -1.58. The predicted molar refractivity (Wildman–Crippen MR) is 77.3 cm³/mol. The van der Waals surface area contributed by atoms with E-state index in [2.05, 4.69) is 6.07 Å². The maximum absolute atomic E-state index is 11.7. The number of sulfone groups is 1. The van der Waals surface area contributed by atoms with E-state index in [4.69, 9.17) is 5.26 Å². The summed E-state index contributed by atoms with van der Waals surface area (Å²) in [5.41, 5.74) is 1.97. The monoisotopic (exact) mass is 294 g/mol. The van der Waals surface area contributed by atoms with Crippen molar-refractivity contribution in [1.29, 1.82) is 5.26 Å². The molecule has 1 aromatic rings. The first-order chi connectivity index (χ1) is 9.34. The van der Waals surface area contributed by atoms with Gasteiger partial charge in [-0.1, -0.05) is 6.07 Å². The molecule has 20 heavy (non-hydrogen) atoms. The number of aliphatic hydroxyl groups excluding tert-OH is 1. The van der Waals surface area contributed by atoms with E-state index in [9.17, 15) is 13.5 Å². The summed E-state index contributed by atoms with van der Waals surface area (Å²) in [7, 11) is -2.99. The van der Waals surface area contributed by atoms with E-state index in [1.165, 1.54) is 0 Å². The van der Waals surface area contributed by atoms with Crippen LogP contribution in [0.3, 0.4) is 0 Å². The second kappa shape index (κ2) is 5.43. The van der Waals surface area contributed by atoms with Crippen molar-refractivity contribution in [3.8, 4) is 6.07 Å². The number of nitriles is 1. The van der Waals surface area contributed by atoms with Crippen LogP contribution in [0.25, 0.3) is 0 Å². The summed E-state index contributed by atoms with van der Waals surface area (Å²) in [5, 5.41) is 18.9. The van der Waals surface area contributed by atoms with Gasteiger partial charge < -0.3 is 10.0 Å². The molecule has 1 fully saturated rings. The first-order valence-electron chi connectivity index (χ1n) is 6.53. The van der Waals surface area contributed by atoms with Gasteiger partial charge in [0.1, 0.15) is 0 Å². The molecule has 1 aliphatic heterocycles. The third-order valence-electron chi connectivity index (χ3n) is 3.59. The van der Waals surface area contributed by atoms with Gasteiger partial charge in [0.15, 0.2) is 9.84 Å². The van der Waals surface area contributed by atoms with Gasteiger partial charge in [-0.05, 0) is 26.0 Å². The highest BCUT2D eigenvalue weighted by atomic mass is 32.2. The summed E-state index contributed by atoms with van der Waals surface area (Å²) in [5.74, 6) is 0.205. The van der Waals surface area contributed by atoms with Crippen molar-refractivity contribution in [3.63, 3.8) is 0 Å². The topological polar surface area (TPSA) is 81.4 Å². The molecule has 0 amide bonds. The zero-order valence-corrected chi connectivity index (χ0v) is 12.4. The average molecular weight is 294 g/mol. The molecule has 1 N–H and O–H groups in total. The summed E-state index contributed by atoms with van der Waals surface area (Å²) < 4.78 is 23.3. The minimum Gasteiger partial charge on any atom is -0.389 e. The second-order valence-electron chi connectivity index (χ2n) is 5.22. The Balaban J connectivity index is 2.44. The summed E-state index contributed by atoms with van der Waals surface area (Å²) in [4.78, 5) is 1.96. The minimum absolute atomic E-state index is 0.100. The number of hydrogen-bond acceptors (Lipinski definition) is 5. The quantitative estimate of drug-likeness (QED) is 0.887. The van der Waals surface area contributed by atoms with Crippen LogP contribution in [0.5, 0.6) is 0 Å². The predicted octanol–water partition coefficient (Wildman–Crippen LogP) is 1.23. The molecule has 1 heterocycles. The minimum atomic E-state index is -2.99. The lowest BCUT2D eigenvalue weighted by Gasteiger charge is -2.36. The molecular formula is C14H18N2O3S. The molecule has 1 aromatic carbocycles. The molecule has 1 unspecified atom stereocenters. The summed E-state index contributed by atoms with van der Waals surface area (Å²) >= 11 is 0. The highest BCUT2D eigenvalue weighted by molar-refractivity contribution is 7.91. The van der Waals surface area contributed by atoms with E-state index in [-0.39, 0.29) is 17.5 Å². The molecule has 0 radical (unpaired) electrons. The van der Waals surface area contributed by atoms with Crippen molar-refractivity contribution >= 4 is 15.5 Å². The van der Waals surface area contributed by atoms with Gasteiger partial charge in [0.2, 0.25) is 0 Å². The fourth-order valence-electron chi connectivity index (χ4n) is 2.57. The molecule has 0 aliphatic carbocycles. The maximum atomic E-state index is 11.7.